The topological polar surface area (TPSA) is 298 Å². The molecule has 1 aliphatic carbocycles. The monoisotopic (exact) mass is 1860 g/mol. The molecular formula is C120H160O16. The maximum absolute atomic E-state index is 15.0. The van der Waals surface area contributed by atoms with Crippen molar-refractivity contribution in [3.8, 4) is 46.0 Å². The molecule has 9 rings (SSSR count). The number of unbranched alkanes of at least 4 members (excludes halogenated alkanes) is 32. The van der Waals surface area contributed by atoms with Crippen LogP contribution in [0.25, 0.3) is 0 Å². The van der Waals surface area contributed by atoms with Gasteiger partial charge in [0.2, 0.25) is 0 Å². The Morgan fingerprint density at radius 3 is 0.309 bits per heavy atom. The van der Waals surface area contributed by atoms with Crippen LogP contribution in [0.2, 0.25) is 0 Å². The number of aromatic hydroxyl groups is 8. The highest BCUT2D eigenvalue weighted by molar-refractivity contribution is 6.02. The fraction of sp³-hybridized carbons (Fsp3) is 0.533. The van der Waals surface area contributed by atoms with E-state index in [0.29, 0.717) is 51.4 Å². The summed E-state index contributed by atoms with van der Waals surface area (Å²) in [5.74, 6) is -4.11. The first kappa shape index (κ1) is 109. The number of ketones is 8. The Morgan fingerprint density at radius 1 is 0.147 bits per heavy atom. The van der Waals surface area contributed by atoms with Crippen LogP contribution < -0.4 is 0 Å². The van der Waals surface area contributed by atoms with E-state index in [1.54, 1.807) is 97.1 Å². The molecular weight excluding hydrogens is 1700 g/mol. The molecule has 0 aromatic heterocycles. The van der Waals surface area contributed by atoms with Crippen molar-refractivity contribution in [3.05, 3.63) is 231 Å². The van der Waals surface area contributed by atoms with Crippen LogP contribution in [-0.4, -0.2) is 87.1 Å². The lowest BCUT2D eigenvalue weighted by Crippen LogP contribution is -2.09. The molecule has 0 aliphatic heterocycles. The van der Waals surface area contributed by atoms with Crippen molar-refractivity contribution in [2.24, 2.45) is 0 Å². The fourth-order valence-electron chi connectivity index (χ4n) is 19.4. The van der Waals surface area contributed by atoms with Crippen molar-refractivity contribution < 1.29 is 79.2 Å². The predicted octanol–water partition coefficient (Wildman–Crippen LogP) is 30.7. The van der Waals surface area contributed by atoms with Crippen molar-refractivity contribution in [3.63, 3.8) is 0 Å². The second-order valence-corrected chi connectivity index (χ2v) is 39.3. The van der Waals surface area contributed by atoms with Gasteiger partial charge in [-0.15, -0.1) is 0 Å². The van der Waals surface area contributed by atoms with Crippen LogP contribution in [0.15, 0.2) is 97.1 Å². The molecule has 0 saturated heterocycles. The summed E-state index contributed by atoms with van der Waals surface area (Å²) in [6.07, 6.45) is 33.5. The first-order valence-electron chi connectivity index (χ1n) is 52.8. The fourth-order valence-corrected chi connectivity index (χ4v) is 19.4. The van der Waals surface area contributed by atoms with E-state index in [1.807, 2.05) is 0 Å². The minimum atomic E-state index is -0.291. The minimum Gasteiger partial charge on any atom is -0.507 e. The number of carbonyl (C=O) groups excluding carboxylic acids is 8. The number of phenolic OH excluding ortho intramolecular Hbond substituents is 8. The summed E-state index contributed by atoms with van der Waals surface area (Å²) < 4.78 is 0. The van der Waals surface area contributed by atoms with Gasteiger partial charge in [-0.2, -0.15) is 0 Å². The number of rotatable bonds is 56. The van der Waals surface area contributed by atoms with Gasteiger partial charge in [-0.05, 0) is 237 Å². The van der Waals surface area contributed by atoms with E-state index in [4.69, 9.17) is 0 Å². The van der Waals surface area contributed by atoms with Gasteiger partial charge in [0, 0.05) is 147 Å². The molecule has 0 saturated carbocycles. The van der Waals surface area contributed by atoms with Gasteiger partial charge in [0.15, 0.2) is 46.3 Å². The summed E-state index contributed by atoms with van der Waals surface area (Å²) in [7, 11) is 0. The van der Waals surface area contributed by atoms with Gasteiger partial charge in [0.05, 0.1) is 0 Å². The molecule has 8 aromatic carbocycles. The molecule has 16 bridgehead atoms. The number of carbonyl (C=O) groups is 8. The lowest BCUT2D eigenvalue weighted by molar-refractivity contribution is 0.0970. The molecule has 1 aliphatic rings. The smallest absolute Gasteiger partial charge is 0.162 e. The van der Waals surface area contributed by atoms with Crippen LogP contribution in [-0.2, 0) is 51.4 Å². The Morgan fingerprint density at radius 2 is 0.228 bits per heavy atom. The van der Waals surface area contributed by atoms with Crippen LogP contribution in [0.5, 0.6) is 46.0 Å². The summed E-state index contributed by atoms with van der Waals surface area (Å²) in [5.41, 5.74) is 5.03. The van der Waals surface area contributed by atoms with Crippen molar-refractivity contribution in [1.29, 1.82) is 0 Å². The molecule has 0 fully saturated rings. The predicted molar refractivity (Wildman–Crippen MR) is 549 cm³/mol. The molecule has 8 N–H and O–H groups in total. The van der Waals surface area contributed by atoms with Crippen LogP contribution in [0.1, 0.15) is 535 Å². The normalized spacial score (nSPS) is 12.3. The molecule has 16 nitrogen and oxygen atoms in total. The van der Waals surface area contributed by atoms with Gasteiger partial charge in [0.1, 0.15) is 46.0 Å². The molecule has 8 aromatic rings. The lowest BCUT2D eigenvalue weighted by Gasteiger charge is -2.20. The van der Waals surface area contributed by atoms with E-state index in [2.05, 4.69) is 55.4 Å². The molecule has 0 atom stereocenters. The number of hydrogen-bond acceptors (Lipinski definition) is 16. The molecule has 0 radical (unpaired) electrons. The van der Waals surface area contributed by atoms with Gasteiger partial charge in [-0.3, -0.25) is 38.4 Å². The number of benzene rings is 8. The van der Waals surface area contributed by atoms with Gasteiger partial charge in [0.25, 0.3) is 0 Å². The summed E-state index contributed by atoms with van der Waals surface area (Å²) in [4.78, 5) is 120. The third-order valence-electron chi connectivity index (χ3n) is 27.8. The van der Waals surface area contributed by atoms with E-state index >= 15 is 0 Å². The summed E-state index contributed by atoms with van der Waals surface area (Å²) >= 11 is 0. The Kier molecular flexibility index (Phi) is 46.3. The first-order chi connectivity index (χ1) is 65.8. The zero-order chi connectivity index (χ0) is 98.0. The highest BCUT2D eigenvalue weighted by Gasteiger charge is 2.30. The molecule has 0 spiro atoms. The van der Waals surface area contributed by atoms with Gasteiger partial charge in [-0.25, -0.2) is 0 Å². The van der Waals surface area contributed by atoms with Crippen molar-refractivity contribution >= 4 is 46.3 Å². The van der Waals surface area contributed by atoms with Crippen molar-refractivity contribution in [2.45, 2.75) is 415 Å². The molecule has 16 heteroatoms. The molecule has 0 unspecified atom stereocenters. The van der Waals surface area contributed by atoms with E-state index in [1.165, 1.54) is 0 Å². The largest absolute Gasteiger partial charge is 0.507 e. The van der Waals surface area contributed by atoms with Crippen LogP contribution >= 0.6 is 0 Å². The van der Waals surface area contributed by atoms with E-state index in [0.717, 1.165) is 205 Å². The number of Topliss-reactive ketones (excluding diaryl/α,β-unsaturated/α-hetero) is 8. The SMILES string of the molecule is CCCCCCCC(=O)c1cc2c(O)c(c1)Cc1cc(C(=O)CCCCCCC)cc(c1O)Cc1cc(C(=O)CCCCCCC)cc(c1O)Cc1cc(C(=O)CCCCCCC)cc(c1O)Cc1cc(C(=O)CCCCCCC)cc(c1O)Cc1cc(C(=O)CCCCCCC)cc(c1O)Cc1cc(C(=O)CCCCCCC)cc(c1O)Cc1cc(C(=O)CCCCCCC)cc(c1O)C2. The van der Waals surface area contributed by atoms with Crippen LogP contribution in [0.4, 0.5) is 0 Å². The van der Waals surface area contributed by atoms with E-state index in [9.17, 15) is 79.2 Å². The summed E-state index contributed by atoms with van der Waals surface area (Å²) in [5, 5.41) is 106. The molecule has 0 heterocycles. The quantitative estimate of drug-likeness (QED) is 0.0130. The van der Waals surface area contributed by atoms with Crippen molar-refractivity contribution in [2.75, 3.05) is 0 Å². The average molecular weight is 1860 g/mol. The highest BCUT2D eigenvalue weighted by Crippen LogP contribution is 2.45. The zero-order valence-corrected chi connectivity index (χ0v) is 83.7. The number of hydrogen-bond donors (Lipinski definition) is 8. The van der Waals surface area contributed by atoms with Gasteiger partial charge in [-0.1, -0.05) is 261 Å². The highest BCUT2D eigenvalue weighted by atomic mass is 16.3. The summed E-state index contributed by atoms with van der Waals surface area (Å²) in [6.45, 7) is 16.9. The number of fused-ring (bicyclic) bond motifs is 16. The van der Waals surface area contributed by atoms with Crippen LogP contribution in [0, 0.1) is 0 Å². The maximum Gasteiger partial charge on any atom is 0.162 e. The zero-order valence-electron chi connectivity index (χ0n) is 83.7. The van der Waals surface area contributed by atoms with Crippen LogP contribution in [0.3, 0.4) is 0 Å². The van der Waals surface area contributed by atoms with Gasteiger partial charge < -0.3 is 40.9 Å². The molecule has 0 amide bonds. The number of phenols is 8. The lowest BCUT2D eigenvalue weighted by atomic mass is 9.86. The Balaban J connectivity index is 1.38. The Labute approximate surface area is 812 Å². The minimum absolute atomic E-state index is 0.162. The van der Waals surface area contributed by atoms with Gasteiger partial charge >= 0.3 is 0 Å². The van der Waals surface area contributed by atoms with Crippen molar-refractivity contribution in [1.82, 2.24) is 0 Å². The third kappa shape index (κ3) is 32.9. The maximum atomic E-state index is 15.0. The summed E-state index contributed by atoms with van der Waals surface area (Å²) in [6, 6.07) is 25.7. The Hall–Kier alpha value is -10.5. The second kappa shape index (κ2) is 57.7. The molecule has 736 valence electrons. The third-order valence-corrected chi connectivity index (χ3v) is 27.8. The average Bonchev–Trinajstić information content (AvgIpc) is 0.780. The molecule has 136 heavy (non-hydrogen) atoms. The second-order valence-electron chi connectivity index (χ2n) is 39.3. The standard InChI is InChI=1S/C120H160O16/c1-9-17-25-33-41-49-105(121)81-57-89-73-91-59-82(106(122)50-42-34-26-18-10-2)61-93(114(91)130)75-95-63-84(108(124)52-44-36-28-20-12-4)65-97(116(95)132)77-99-67-86(110(126)54-46-38-30-22-14-6)69-101(118(99)134)79-103-71-88(112(128)56-48-40-32-24-16-8)72-104(120(103)136)80-102-70-87(111(127)55-47-39-31-23-15-7)68-100(119(102)135)78-98-66-85(109(125)53-45-37-29-21-13-5)64-96(117(98)133)76-94-62-83(107(123)51-43-35-27-19-11-3)60-92(115(94)131)74-90(58-81)113(89)129/h57-72,129-136H,9-56,73-80H2,1-8H3. The van der Waals surface area contributed by atoms with E-state index in [-0.39, 0.29) is 329 Å². The van der Waals surface area contributed by atoms with E-state index < -0.39 is 0 Å². The Bertz CT molecular complexity index is 4160. The first-order valence-corrected chi connectivity index (χ1v) is 52.8.